The molecule has 32 heavy (non-hydrogen) atoms. The van der Waals surface area contributed by atoms with E-state index in [1.54, 1.807) is 18.3 Å². The van der Waals surface area contributed by atoms with Crippen molar-refractivity contribution in [2.75, 3.05) is 6.54 Å². The molecule has 0 aliphatic carbocycles. The van der Waals surface area contributed by atoms with Crippen LogP contribution in [0.1, 0.15) is 49.9 Å². The zero-order valence-electron chi connectivity index (χ0n) is 18.0. The van der Waals surface area contributed by atoms with Crippen LogP contribution in [0.3, 0.4) is 0 Å². The van der Waals surface area contributed by atoms with Gasteiger partial charge in [-0.2, -0.15) is 5.21 Å². The molecule has 1 unspecified atom stereocenters. The summed E-state index contributed by atoms with van der Waals surface area (Å²) in [6.07, 6.45) is 11.5. The van der Waals surface area contributed by atoms with Gasteiger partial charge in [0, 0.05) is 30.4 Å². The number of pyridine rings is 1. The highest BCUT2D eigenvalue weighted by Crippen LogP contribution is 2.22. The van der Waals surface area contributed by atoms with Crippen molar-refractivity contribution in [2.45, 2.75) is 56.3 Å². The number of halogens is 1. The monoisotopic (exact) mass is 476 g/mol. The number of nitrogens with one attached hydrogen (secondary N) is 2. The molecule has 2 aromatic heterocycles. The lowest BCUT2D eigenvalue weighted by Gasteiger charge is -2.16. The molecule has 3 aromatic rings. The Balaban J connectivity index is 1.42. The predicted molar refractivity (Wildman–Crippen MR) is 124 cm³/mol. The highest BCUT2D eigenvalue weighted by molar-refractivity contribution is 7.89. The first-order valence-electron chi connectivity index (χ1n) is 10.9. The number of H-pyrrole nitrogens is 1. The van der Waals surface area contributed by atoms with Crippen molar-refractivity contribution < 1.29 is 8.42 Å². The van der Waals surface area contributed by atoms with E-state index in [0.717, 1.165) is 57.2 Å². The summed E-state index contributed by atoms with van der Waals surface area (Å²) < 4.78 is 27.4. The van der Waals surface area contributed by atoms with E-state index in [9.17, 15) is 8.42 Å². The fourth-order valence-corrected chi connectivity index (χ4v) is 4.86. The average molecular weight is 477 g/mol. The lowest BCUT2D eigenvalue weighted by molar-refractivity contribution is 0.389. The molecule has 0 radical (unpaired) electrons. The molecule has 0 saturated heterocycles. The van der Waals surface area contributed by atoms with Crippen LogP contribution in [0.25, 0.3) is 0 Å². The fourth-order valence-electron chi connectivity index (χ4n) is 3.66. The van der Waals surface area contributed by atoms with Crippen molar-refractivity contribution in [3.05, 3.63) is 65.2 Å². The van der Waals surface area contributed by atoms with Crippen LogP contribution in [-0.4, -0.2) is 40.6 Å². The van der Waals surface area contributed by atoms with E-state index in [1.807, 2.05) is 12.3 Å². The number of nitrogens with zero attached hydrogens (tertiary/aromatic N) is 4. The molecular formula is C22H29ClN6O2S. The van der Waals surface area contributed by atoms with Gasteiger partial charge in [0.05, 0.1) is 4.90 Å². The maximum Gasteiger partial charge on any atom is 0.240 e. The van der Waals surface area contributed by atoms with Gasteiger partial charge in [0.15, 0.2) is 5.82 Å². The topological polar surface area (TPSA) is 114 Å². The van der Waals surface area contributed by atoms with Crippen LogP contribution in [0.5, 0.6) is 0 Å². The Labute approximate surface area is 194 Å². The fraction of sp³-hybridized carbons (Fsp3) is 0.455. The summed E-state index contributed by atoms with van der Waals surface area (Å²) in [5.74, 6) is 1.26. The third kappa shape index (κ3) is 8.29. The molecule has 0 aliphatic rings. The van der Waals surface area contributed by atoms with Crippen molar-refractivity contribution >= 4 is 21.6 Å². The maximum atomic E-state index is 12.4. The molecule has 2 N–H and O–H groups in total. The largest absolute Gasteiger partial charge is 0.264 e. The third-order valence-corrected chi connectivity index (χ3v) is 7.15. The predicted octanol–water partition coefficient (Wildman–Crippen LogP) is 3.97. The van der Waals surface area contributed by atoms with Gasteiger partial charge in [-0.1, -0.05) is 42.1 Å². The smallest absolute Gasteiger partial charge is 0.240 e. The van der Waals surface area contributed by atoms with E-state index in [4.69, 9.17) is 11.6 Å². The summed E-state index contributed by atoms with van der Waals surface area (Å²) in [7, 11) is -3.50. The molecule has 1 aromatic carbocycles. The lowest BCUT2D eigenvalue weighted by Crippen LogP contribution is -2.24. The van der Waals surface area contributed by atoms with Crippen LogP contribution in [0, 0.1) is 5.92 Å². The first-order valence-corrected chi connectivity index (χ1v) is 12.8. The number of hydrogen-bond donors (Lipinski definition) is 2. The Morgan fingerprint density at radius 3 is 2.53 bits per heavy atom. The molecule has 8 nitrogen and oxygen atoms in total. The number of aromatic nitrogens is 5. The second kappa shape index (κ2) is 12.6. The molecule has 1 atom stereocenters. The van der Waals surface area contributed by atoms with Crippen molar-refractivity contribution in [1.29, 1.82) is 0 Å². The molecule has 2 heterocycles. The number of sulfonamides is 1. The van der Waals surface area contributed by atoms with Gasteiger partial charge in [0.2, 0.25) is 10.0 Å². The number of hydrogen-bond acceptors (Lipinski definition) is 6. The Bertz CT molecular complexity index is 1010. The van der Waals surface area contributed by atoms with Gasteiger partial charge in [-0.15, -0.1) is 10.2 Å². The Morgan fingerprint density at radius 1 is 1.00 bits per heavy atom. The first-order chi connectivity index (χ1) is 15.5. The second-order valence-electron chi connectivity index (χ2n) is 7.83. The van der Waals surface area contributed by atoms with E-state index in [-0.39, 0.29) is 4.90 Å². The second-order valence-corrected chi connectivity index (χ2v) is 10.0. The minimum atomic E-state index is -3.50. The standard InChI is InChI=1S/C22H29ClN6O2S/c23-20-10-12-21(13-11-20)32(30,31)25-16-2-1-5-18(9-14-22-26-28-29-27-22)6-3-7-19-8-4-15-24-17-19/h4,8,10-13,15,17-18,25H,1-3,5-7,9,14,16H2,(H,26,27,28,29). The molecule has 0 aliphatic heterocycles. The van der Waals surface area contributed by atoms with E-state index < -0.39 is 10.0 Å². The van der Waals surface area contributed by atoms with Gasteiger partial charge in [0.1, 0.15) is 0 Å². The van der Waals surface area contributed by atoms with Gasteiger partial charge < -0.3 is 0 Å². The SMILES string of the molecule is O=S(=O)(NCCCCC(CCCc1cccnc1)CCc1nn[nH]n1)c1ccc(Cl)cc1. The van der Waals surface area contributed by atoms with Crippen molar-refractivity contribution in [1.82, 2.24) is 30.3 Å². The van der Waals surface area contributed by atoms with Crippen LogP contribution in [0.4, 0.5) is 0 Å². The summed E-state index contributed by atoms with van der Waals surface area (Å²) in [6.45, 7) is 0.415. The van der Waals surface area contributed by atoms with Gasteiger partial charge in [-0.3, -0.25) is 4.98 Å². The van der Waals surface area contributed by atoms with Crippen molar-refractivity contribution in [3.63, 3.8) is 0 Å². The zero-order valence-corrected chi connectivity index (χ0v) is 19.5. The summed E-state index contributed by atoms with van der Waals surface area (Å²) >= 11 is 5.83. The van der Waals surface area contributed by atoms with Crippen LogP contribution >= 0.6 is 11.6 Å². The number of benzene rings is 1. The minimum Gasteiger partial charge on any atom is -0.264 e. The molecule has 3 rings (SSSR count). The normalized spacial score (nSPS) is 12.7. The van der Waals surface area contributed by atoms with E-state index in [2.05, 4.69) is 36.4 Å². The molecule has 0 amide bonds. The molecule has 0 fully saturated rings. The molecule has 0 saturated carbocycles. The Kier molecular flexibility index (Phi) is 9.58. The van der Waals surface area contributed by atoms with Crippen LogP contribution in [-0.2, 0) is 22.9 Å². The van der Waals surface area contributed by atoms with Crippen molar-refractivity contribution in [2.24, 2.45) is 5.92 Å². The van der Waals surface area contributed by atoms with Crippen LogP contribution in [0.15, 0.2) is 53.7 Å². The number of tetrazole rings is 1. The maximum absolute atomic E-state index is 12.4. The summed E-state index contributed by atoms with van der Waals surface area (Å²) in [5, 5.41) is 14.7. The van der Waals surface area contributed by atoms with Crippen LogP contribution in [0.2, 0.25) is 5.02 Å². The molecule has 0 bridgehead atoms. The van der Waals surface area contributed by atoms with E-state index in [1.165, 1.54) is 17.7 Å². The third-order valence-electron chi connectivity index (χ3n) is 5.42. The molecular weight excluding hydrogens is 448 g/mol. The number of aryl methyl sites for hydroxylation is 2. The average Bonchev–Trinajstić information content (AvgIpc) is 3.31. The molecule has 172 valence electrons. The number of unbranched alkanes of at least 4 members (excludes halogenated alkanes) is 1. The minimum absolute atomic E-state index is 0.232. The highest BCUT2D eigenvalue weighted by Gasteiger charge is 2.14. The van der Waals surface area contributed by atoms with E-state index in [0.29, 0.717) is 17.5 Å². The summed E-state index contributed by atoms with van der Waals surface area (Å²) in [4.78, 5) is 4.41. The number of aromatic amines is 1. The molecule has 10 heteroatoms. The van der Waals surface area contributed by atoms with Crippen molar-refractivity contribution in [3.8, 4) is 0 Å². The quantitative estimate of drug-likeness (QED) is 0.340. The highest BCUT2D eigenvalue weighted by atomic mass is 35.5. The Hall–Kier alpha value is -2.36. The summed E-state index contributed by atoms with van der Waals surface area (Å²) in [5.41, 5.74) is 1.25. The van der Waals surface area contributed by atoms with Gasteiger partial charge in [0.25, 0.3) is 0 Å². The lowest BCUT2D eigenvalue weighted by atomic mass is 9.90. The Morgan fingerprint density at radius 2 is 1.81 bits per heavy atom. The summed E-state index contributed by atoms with van der Waals surface area (Å²) in [6, 6.07) is 10.3. The number of rotatable bonds is 14. The van der Waals surface area contributed by atoms with Gasteiger partial charge in [-0.25, -0.2) is 13.1 Å². The first kappa shape index (κ1) is 24.3. The van der Waals surface area contributed by atoms with Gasteiger partial charge >= 0.3 is 0 Å². The zero-order chi connectivity index (χ0) is 22.7. The van der Waals surface area contributed by atoms with E-state index >= 15 is 0 Å². The molecule has 0 spiro atoms. The van der Waals surface area contributed by atoms with Gasteiger partial charge in [-0.05, 0) is 67.5 Å². The van der Waals surface area contributed by atoms with Crippen LogP contribution < -0.4 is 4.72 Å².